The molecule has 5 heteroatoms. The Labute approximate surface area is 109 Å². The number of hydrogen-bond acceptors (Lipinski definition) is 3. The molecule has 0 unspecified atom stereocenters. The van der Waals surface area contributed by atoms with Crippen molar-refractivity contribution in [3.8, 4) is 0 Å². The predicted octanol–water partition coefficient (Wildman–Crippen LogP) is 2.56. The van der Waals surface area contributed by atoms with Crippen LogP contribution >= 0.6 is 11.3 Å². The topological polar surface area (TPSA) is 54.9 Å². The molecule has 0 saturated heterocycles. The lowest BCUT2D eigenvalue weighted by atomic mass is 10.2. The van der Waals surface area contributed by atoms with E-state index in [4.69, 9.17) is 0 Å². The molecule has 2 aromatic rings. The Morgan fingerprint density at radius 2 is 1.94 bits per heavy atom. The van der Waals surface area contributed by atoms with Crippen molar-refractivity contribution in [2.45, 2.75) is 46.6 Å². The van der Waals surface area contributed by atoms with Crippen molar-refractivity contribution in [1.29, 1.82) is 0 Å². The van der Waals surface area contributed by atoms with Gasteiger partial charge in [0.25, 0.3) is 5.56 Å². The van der Waals surface area contributed by atoms with Crippen LogP contribution in [0.15, 0.2) is 9.59 Å². The van der Waals surface area contributed by atoms with Gasteiger partial charge in [0, 0.05) is 11.4 Å². The number of H-pyrrole nitrogens is 1. The third-order valence-corrected chi connectivity index (χ3v) is 4.52. The lowest BCUT2D eigenvalue weighted by molar-refractivity contribution is 0.594. The first-order valence-corrected chi connectivity index (χ1v) is 7.10. The van der Waals surface area contributed by atoms with E-state index < -0.39 is 0 Å². The average Bonchev–Trinajstić information content (AvgIpc) is 2.60. The van der Waals surface area contributed by atoms with E-state index in [-0.39, 0.29) is 11.2 Å². The summed E-state index contributed by atoms with van der Waals surface area (Å²) in [7, 11) is 0. The van der Waals surface area contributed by atoms with Crippen LogP contribution in [0.1, 0.15) is 36.6 Å². The van der Waals surface area contributed by atoms with Crippen LogP contribution in [0.5, 0.6) is 0 Å². The minimum atomic E-state index is -0.287. The predicted molar refractivity (Wildman–Crippen MR) is 75.7 cm³/mol. The minimum absolute atomic E-state index is 0.261. The largest absolute Gasteiger partial charge is 0.329 e. The molecule has 2 aromatic heterocycles. The van der Waals surface area contributed by atoms with E-state index in [1.165, 1.54) is 11.3 Å². The molecule has 1 N–H and O–H groups in total. The SMILES string of the molecule is CCCCCn1c(=O)[nH]c(=O)c2c(C)c(C)sc21. The molecule has 4 nitrogen and oxygen atoms in total. The maximum atomic E-state index is 11.9. The summed E-state index contributed by atoms with van der Waals surface area (Å²) in [6.07, 6.45) is 3.17. The highest BCUT2D eigenvalue weighted by molar-refractivity contribution is 7.18. The quantitative estimate of drug-likeness (QED) is 0.865. The van der Waals surface area contributed by atoms with Gasteiger partial charge in [-0.05, 0) is 25.8 Å². The summed E-state index contributed by atoms with van der Waals surface area (Å²) in [6, 6.07) is 0. The number of nitrogens with zero attached hydrogens (tertiary/aromatic N) is 1. The first-order chi connectivity index (χ1) is 8.56. The summed E-state index contributed by atoms with van der Waals surface area (Å²) in [6.45, 7) is 6.73. The molecule has 0 radical (unpaired) electrons. The molecule has 0 aliphatic carbocycles. The van der Waals surface area contributed by atoms with E-state index in [1.54, 1.807) is 4.57 Å². The maximum Gasteiger partial charge on any atom is 0.329 e. The van der Waals surface area contributed by atoms with Crippen LogP contribution < -0.4 is 11.2 Å². The van der Waals surface area contributed by atoms with Crippen molar-refractivity contribution in [2.75, 3.05) is 0 Å². The molecule has 0 atom stereocenters. The number of aromatic amines is 1. The number of unbranched alkanes of at least 4 members (excludes halogenated alkanes) is 2. The summed E-state index contributed by atoms with van der Waals surface area (Å²) in [5, 5.41) is 0.675. The minimum Gasteiger partial charge on any atom is -0.284 e. The summed E-state index contributed by atoms with van der Waals surface area (Å²) in [4.78, 5) is 28.1. The fraction of sp³-hybridized carbons (Fsp3) is 0.538. The summed E-state index contributed by atoms with van der Waals surface area (Å²) in [5.41, 5.74) is 0.439. The third-order valence-electron chi connectivity index (χ3n) is 3.29. The third kappa shape index (κ3) is 2.14. The molecule has 2 heterocycles. The fourth-order valence-corrected chi connectivity index (χ4v) is 3.29. The van der Waals surface area contributed by atoms with Gasteiger partial charge in [0.05, 0.1) is 5.39 Å². The fourth-order valence-electron chi connectivity index (χ4n) is 2.11. The van der Waals surface area contributed by atoms with Gasteiger partial charge in [-0.25, -0.2) is 4.79 Å². The molecule has 0 fully saturated rings. The Kier molecular flexibility index (Phi) is 3.71. The monoisotopic (exact) mass is 266 g/mol. The molecule has 18 heavy (non-hydrogen) atoms. The highest BCUT2D eigenvalue weighted by Gasteiger charge is 2.13. The first kappa shape index (κ1) is 13.1. The van der Waals surface area contributed by atoms with Crippen LogP contribution in [-0.2, 0) is 6.54 Å². The number of aryl methyl sites for hydroxylation is 3. The van der Waals surface area contributed by atoms with Crippen molar-refractivity contribution in [3.63, 3.8) is 0 Å². The van der Waals surface area contributed by atoms with Crippen LogP contribution in [-0.4, -0.2) is 9.55 Å². The number of aromatic nitrogens is 2. The van der Waals surface area contributed by atoms with Crippen molar-refractivity contribution in [2.24, 2.45) is 0 Å². The lowest BCUT2D eigenvalue weighted by Crippen LogP contribution is -2.29. The second kappa shape index (κ2) is 5.10. The van der Waals surface area contributed by atoms with Crippen LogP contribution in [0.4, 0.5) is 0 Å². The van der Waals surface area contributed by atoms with Crippen molar-refractivity contribution in [3.05, 3.63) is 31.3 Å². The molecule has 0 aromatic carbocycles. The van der Waals surface area contributed by atoms with E-state index in [9.17, 15) is 9.59 Å². The molecular formula is C13H18N2O2S. The molecule has 2 rings (SSSR count). The van der Waals surface area contributed by atoms with Gasteiger partial charge in [-0.15, -0.1) is 11.3 Å². The Hall–Kier alpha value is -1.36. The maximum absolute atomic E-state index is 11.9. The van der Waals surface area contributed by atoms with Gasteiger partial charge in [0.15, 0.2) is 0 Å². The van der Waals surface area contributed by atoms with Gasteiger partial charge in [-0.1, -0.05) is 19.8 Å². The van der Waals surface area contributed by atoms with Gasteiger partial charge in [0.1, 0.15) is 4.83 Å². The van der Waals surface area contributed by atoms with Gasteiger partial charge >= 0.3 is 5.69 Å². The second-order valence-corrected chi connectivity index (χ2v) is 5.78. The highest BCUT2D eigenvalue weighted by Crippen LogP contribution is 2.26. The normalized spacial score (nSPS) is 11.3. The van der Waals surface area contributed by atoms with E-state index >= 15 is 0 Å². The Morgan fingerprint density at radius 3 is 2.61 bits per heavy atom. The smallest absolute Gasteiger partial charge is 0.284 e. The number of fused-ring (bicyclic) bond motifs is 1. The summed E-state index contributed by atoms with van der Waals surface area (Å²) >= 11 is 1.53. The number of nitrogens with one attached hydrogen (secondary N) is 1. The van der Waals surface area contributed by atoms with Crippen LogP contribution in [0.2, 0.25) is 0 Å². The Bertz CT molecular complexity index is 679. The molecule has 0 saturated carbocycles. The van der Waals surface area contributed by atoms with Gasteiger partial charge in [-0.3, -0.25) is 14.3 Å². The molecule has 0 bridgehead atoms. The van der Waals surface area contributed by atoms with Gasteiger partial charge in [-0.2, -0.15) is 0 Å². The number of rotatable bonds is 4. The molecule has 0 spiro atoms. The molecular weight excluding hydrogens is 248 g/mol. The standard InChI is InChI=1S/C13H18N2O2S/c1-4-5-6-7-15-12-10(8(2)9(3)18-12)11(16)14-13(15)17/h4-7H2,1-3H3,(H,14,16,17). The van der Waals surface area contributed by atoms with Gasteiger partial charge in [0.2, 0.25) is 0 Å². The van der Waals surface area contributed by atoms with Crippen LogP contribution in [0.3, 0.4) is 0 Å². The van der Waals surface area contributed by atoms with Crippen LogP contribution in [0, 0.1) is 13.8 Å². The summed E-state index contributed by atoms with van der Waals surface area (Å²) in [5.74, 6) is 0. The van der Waals surface area contributed by atoms with E-state index in [1.807, 2.05) is 13.8 Å². The summed E-state index contributed by atoms with van der Waals surface area (Å²) < 4.78 is 1.71. The number of hydrogen-bond donors (Lipinski definition) is 1. The molecule has 0 aliphatic rings. The van der Waals surface area contributed by atoms with Crippen LogP contribution in [0.25, 0.3) is 10.2 Å². The van der Waals surface area contributed by atoms with E-state index in [2.05, 4.69) is 11.9 Å². The second-order valence-electron chi connectivity index (χ2n) is 4.58. The Balaban J connectivity index is 2.62. The van der Waals surface area contributed by atoms with Crippen molar-refractivity contribution >= 4 is 21.6 Å². The zero-order valence-electron chi connectivity index (χ0n) is 11.0. The first-order valence-electron chi connectivity index (χ1n) is 6.29. The molecule has 98 valence electrons. The van der Waals surface area contributed by atoms with Crippen molar-refractivity contribution < 1.29 is 0 Å². The average molecular weight is 266 g/mol. The van der Waals surface area contributed by atoms with Gasteiger partial charge < -0.3 is 0 Å². The Morgan fingerprint density at radius 1 is 1.22 bits per heavy atom. The molecule has 0 amide bonds. The molecule has 0 aliphatic heterocycles. The lowest BCUT2D eigenvalue weighted by Gasteiger charge is -2.05. The zero-order chi connectivity index (χ0) is 13.3. The van der Waals surface area contributed by atoms with Crippen molar-refractivity contribution in [1.82, 2.24) is 9.55 Å². The zero-order valence-corrected chi connectivity index (χ0v) is 11.8. The highest BCUT2D eigenvalue weighted by atomic mass is 32.1. The number of thiophene rings is 1. The van der Waals surface area contributed by atoms with E-state index in [0.29, 0.717) is 11.9 Å². The van der Waals surface area contributed by atoms with E-state index in [0.717, 1.165) is 34.5 Å².